The van der Waals surface area contributed by atoms with Crippen LogP contribution in [0.4, 0.5) is 37.7 Å². The van der Waals surface area contributed by atoms with E-state index >= 15 is 0 Å². The van der Waals surface area contributed by atoms with E-state index in [1.54, 1.807) is 0 Å². The maximum Gasteiger partial charge on any atom is 0.573 e. The quantitative estimate of drug-likeness (QED) is 0.686. The third kappa shape index (κ3) is 6.27. The fourth-order valence-electron chi connectivity index (χ4n) is 2.94. The summed E-state index contributed by atoms with van der Waals surface area (Å²) in [6.07, 6.45) is -9.82. The topological polar surface area (TPSA) is 67.9 Å². The molecule has 1 aliphatic rings. The predicted octanol–water partition coefficient (Wildman–Crippen LogP) is 4.48. The highest BCUT2D eigenvalue weighted by Crippen LogP contribution is 2.30. The van der Waals surface area contributed by atoms with Gasteiger partial charge in [-0.2, -0.15) is 0 Å². The first-order valence-electron chi connectivity index (χ1n) is 8.72. The van der Waals surface area contributed by atoms with E-state index in [0.29, 0.717) is 5.69 Å². The van der Waals surface area contributed by atoms with Crippen LogP contribution in [-0.4, -0.2) is 31.1 Å². The number of carbonyl (C=O) groups excluding carboxylic acids is 2. The zero-order valence-electron chi connectivity index (χ0n) is 15.5. The number of amides is 2. The molecular weight excluding hydrogens is 434 g/mol. The minimum Gasteiger partial charge on any atom is -0.406 e. The Morgan fingerprint density at radius 1 is 0.871 bits per heavy atom. The second-order valence-electron chi connectivity index (χ2n) is 6.51. The van der Waals surface area contributed by atoms with Crippen LogP contribution in [0.25, 0.3) is 0 Å². The number of anilines is 2. The van der Waals surface area contributed by atoms with Crippen LogP contribution in [0.5, 0.6) is 11.5 Å². The zero-order chi connectivity index (χ0) is 22.8. The van der Waals surface area contributed by atoms with Gasteiger partial charge in [-0.3, -0.25) is 9.59 Å². The molecule has 0 aliphatic carbocycles. The van der Waals surface area contributed by atoms with Crippen molar-refractivity contribution >= 4 is 23.2 Å². The third-order valence-electron chi connectivity index (χ3n) is 4.23. The van der Waals surface area contributed by atoms with Gasteiger partial charge in [-0.15, -0.1) is 26.3 Å². The molecule has 166 valence electrons. The molecule has 0 aromatic heterocycles. The average molecular weight is 448 g/mol. The van der Waals surface area contributed by atoms with Gasteiger partial charge in [0.15, 0.2) is 0 Å². The lowest BCUT2D eigenvalue weighted by atomic mass is 10.1. The van der Waals surface area contributed by atoms with Crippen LogP contribution in [0.3, 0.4) is 0 Å². The monoisotopic (exact) mass is 448 g/mol. The van der Waals surface area contributed by atoms with Gasteiger partial charge in [-0.05, 0) is 48.5 Å². The van der Waals surface area contributed by atoms with Crippen LogP contribution in [0.15, 0.2) is 48.5 Å². The summed E-state index contributed by atoms with van der Waals surface area (Å²) < 4.78 is 80.7. The predicted molar refractivity (Wildman–Crippen MR) is 95.3 cm³/mol. The summed E-state index contributed by atoms with van der Waals surface area (Å²) >= 11 is 0. The molecule has 31 heavy (non-hydrogen) atoms. The van der Waals surface area contributed by atoms with E-state index in [0.717, 1.165) is 24.3 Å². The Morgan fingerprint density at radius 3 is 1.84 bits per heavy atom. The minimum atomic E-state index is -4.84. The molecule has 1 saturated heterocycles. The van der Waals surface area contributed by atoms with Gasteiger partial charge in [-0.25, -0.2) is 0 Å². The van der Waals surface area contributed by atoms with Crippen molar-refractivity contribution in [2.24, 2.45) is 5.92 Å². The highest BCUT2D eigenvalue weighted by Gasteiger charge is 2.36. The van der Waals surface area contributed by atoms with Gasteiger partial charge < -0.3 is 19.7 Å². The van der Waals surface area contributed by atoms with Crippen molar-refractivity contribution < 1.29 is 45.4 Å². The zero-order valence-corrected chi connectivity index (χ0v) is 15.5. The molecule has 1 atom stereocenters. The van der Waals surface area contributed by atoms with E-state index in [1.807, 2.05) is 0 Å². The largest absolute Gasteiger partial charge is 0.573 e. The molecule has 1 fully saturated rings. The summed E-state index contributed by atoms with van der Waals surface area (Å²) in [5.74, 6) is -2.60. The number of benzene rings is 2. The smallest absolute Gasteiger partial charge is 0.406 e. The molecule has 1 aliphatic heterocycles. The van der Waals surface area contributed by atoms with Crippen molar-refractivity contribution in [3.63, 3.8) is 0 Å². The van der Waals surface area contributed by atoms with Gasteiger partial charge in [-0.1, -0.05) is 0 Å². The molecule has 6 nitrogen and oxygen atoms in total. The standard InChI is InChI=1S/C19H14F6N2O4/c20-18(21,22)30-14-5-1-12(2-6-14)26-17(29)11-9-16(28)27(10-11)13-3-7-15(8-4-13)31-19(23,24)25/h1-8,11H,9-10H2,(H,26,29)/t11-/m1/s1. The van der Waals surface area contributed by atoms with Crippen LogP contribution in [0, 0.1) is 5.92 Å². The highest BCUT2D eigenvalue weighted by atomic mass is 19.4. The van der Waals surface area contributed by atoms with Gasteiger partial charge in [0.25, 0.3) is 0 Å². The Balaban J connectivity index is 1.60. The van der Waals surface area contributed by atoms with Crippen molar-refractivity contribution in [2.45, 2.75) is 19.1 Å². The van der Waals surface area contributed by atoms with Crippen LogP contribution < -0.4 is 19.7 Å². The Bertz CT molecular complexity index is 942. The number of hydrogen-bond donors (Lipinski definition) is 1. The second-order valence-corrected chi connectivity index (χ2v) is 6.51. The molecule has 0 saturated carbocycles. The molecule has 0 unspecified atom stereocenters. The van der Waals surface area contributed by atoms with Crippen molar-refractivity contribution in [2.75, 3.05) is 16.8 Å². The van der Waals surface area contributed by atoms with Crippen molar-refractivity contribution in [3.8, 4) is 11.5 Å². The van der Waals surface area contributed by atoms with Crippen molar-refractivity contribution in [1.82, 2.24) is 0 Å². The number of nitrogens with one attached hydrogen (secondary N) is 1. The first kappa shape index (κ1) is 22.2. The summed E-state index contributed by atoms with van der Waals surface area (Å²) in [5, 5.41) is 2.50. The van der Waals surface area contributed by atoms with Crippen LogP contribution in [-0.2, 0) is 9.59 Å². The van der Waals surface area contributed by atoms with Gasteiger partial charge in [0.05, 0.1) is 5.92 Å². The summed E-state index contributed by atoms with van der Waals surface area (Å²) in [6, 6.07) is 9.11. The number of nitrogens with zero attached hydrogens (tertiary/aromatic N) is 1. The molecule has 12 heteroatoms. The molecule has 2 aromatic rings. The lowest BCUT2D eigenvalue weighted by molar-refractivity contribution is -0.275. The van der Waals surface area contributed by atoms with E-state index < -0.39 is 42.0 Å². The average Bonchev–Trinajstić information content (AvgIpc) is 3.03. The number of rotatable bonds is 5. The van der Waals surface area contributed by atoms with E-state index in [9.17, 15) is 35.9 Å². The fraction of sp³-hybridized carbons (Fsp3) is 0.263. The molecule has 1 N–H and O–H groups in total. The third-order valence-corrected chi connectivity index (χ3v) is 4.23. The Hall–Kier alpha value is -3.44. The molecule has 0 spiro atoms. The lowest BCUT2D eigenvalue weighted by Crippen LogP contribution is -2.28. The number of carbonyl (C=O) groups is 2. The maximum absolute atomic E-state index is 12.4. The Kier molecular flexibility index (Phi) is 6.00. The summed E-state index contributed by atoms with van der Waals surface area (Å²) in [4.78, 5) is 25.9. The maximum atomic E-state index is 12.4. The van der Waals surface area contributed by atoms with Gasteiger partial charge in [0.1, 0.15) is 11.5 Å². The molecule has 3 rings (SSSR count). The number of hydrogen-bond acceptors (Lipinski definition) is 4. The van der Waals surface area contributed by atoms with Gasteiger partial charge in [0, 0.05) is 24.3 Å². The molecule has 2 amide bonds. The summed E-state index contributed by atoms with van der Waals surface area (Å²) in [7, 11) is 0. The Morgan fingerprint density at radius 2 is 1.35 bits per heavy atom. The second kappa shape index (κ2) is 8.36. The van der Waals surface area contributed by atoms with Gasteiger partial charge >= 0.3 is 12.7 Å². The van der Waals surface area contributed by atoms with E-state index in [1.165, 1.54) is 29.2 Å². The van der Waals surface area contributed by atoms with E-state index in [-0.39, 0.29) is 18.7 Å². The minimum absolute atomic E-state index is 0.0145. The Labute approximate surface area is 171 Å². The first-order chi connectivity index (χ1) is 14.4. The number of alkyl halides is 6. The SMILES string of the molecule is O=C(Nc1ccc(OC(F)(F)F)cc1)[C@@H]1CC(=O)N(c2ccc(OC(F)(F)F)cc2)C1. The lowest BCUT2D eigenvalue weighted by Gasteiger charge is -2.17. The summed E-state index contributed by atoms with van der Waals surface area (Å²) in [5.41, 5.74) is 0.502. The van der Waals surface area contributed by atoms with E-state index in [2.05, 4.69) is 14.8 Å². The van der Waals surface area contributed by atoms with Crippen LogP contribution >= 0.6 is 0 Å². The van der Waals surface area contributed by atoms with Crippen LogP contribution in [0.2, 0.25) is 0 Å². The molecular formula is C19H14F6N2O4. The molecule has 2 aromatic carbocycles. The molecule has 1 heterocycles. The highest BCUT2D eigenvalue weighted by molar-refractivity contribution is 6.03. The van der Waals surface area contributed by atoms with Crippen LogP contribution in [0.1, 0.15) is 6.42 Å². The van der Waals surface area contributed by atoms with Crippen molar-refractivity contribution in [3.05, 3.63) is 48.5 Å². The normalized spacial score (nSPS) is 16.9. The molecule has 0 bridgehead atoms. The first-order valence-corrected chi connectivity index (χ1v) is 8.72. The molecule has 0 radical (unpaired) electrons. The van der Waals surface area contributed by atoms with Gasteiger partial charge in [0.2, 0.25) is 11.8 Å². The van der Waals surface area contributed by atoms with E-state index in [4.69, 9.17) is 0 Å². The fourth-order valence-corrected chi connectivity index (χ4v) is 2.94. The number of ether oxygens (including phenoxy) is 2. The number of halogens is 6. The van der Waals surface area contributed by atoms with Crippen molar-refractivity contribution in [1.29, 1.82) is 0 Å². The summed E-state index contributed by atoms with van der Waals surface area (Å²) in [6.45, 7) is -0.0145.